The maximum atomic E-state index is 14.7. The van der Waals surface area contributed by atoms with Gasteiger partial charge in [-0.25, -0.2) is 23.2 Å². The van der Waals surface area contributed by atoms with Gasteiger partial charge in [0.1, 0.15) is 29.9 Å². The summed E-state index contributed by atoms with van der Waals surface area (Å²) in [4.78, 5) is 16.9. The van der Waals surface area contributed by atoms with Crippen LogP contribution in [0.5, 0.6) is 0 Å². The fourth-order valence-corrected chi connectivity index (χ4v) is 3.77. The van der Waals surface area contributed by atoms with Crippen molar-refractivity contribution >= 4 is 0 Å². The number of rotatable bonds is 6. The Morgan fingerprint density at radius 2 is 1.76 bits per heavy atom. The van der Waals surface area contributed by atoms with Crippen LogP contribution in [0.25, 0.3) is 5.69 Å². The molecule has 0 fully saturated rings. The standard InChI is InChI=1S/C22H18F5N5O2/c1-14(21(34,11-30-13-28-12-29-30)18-7-4-16(23)10-19(18)24)31-8-9-32(20(31)33)17-5-2-15(3-6-17)22(25,26)27/h2-10,12-14,34H,11H2,1H3/t14-,21?/m1/s1. The summed E-state index contributed by atoms with van der Waals surface area (Å²) in [6.07, 6.45) is 0.604. The molecule has 12 heteroatoms. The molecule has 0 spiro atoms. The van der Waals surface area contributed by atoms with E-state index in [4.69, 9.17) is 0 Å². The summed E-state index contributed by atoms with van der Waals surface area (Å²) in [6, 6.07) is 5.53. The quantitative estimate of drug-likeness (QED) is 0.428. The predicted molar refractivity (Wildman–Crippen MR) is 110 cm³/mol. The molecular weight excluding hydrogens is 461 g/mol. The zero-order valence-corrected chi connectivity index (χ0v) is 17.6. The van der Waals surface area contributed by atoms with Gasteiger partial charge in [0.05, 0.1) is 23.8 Å². The van der Waals surface area contributed by atoms with Gasteiger partial charge >= 0.3 is 11.9 Å². The first-order valence-electron chi connectivity index (χ1n) is 9.98. The van der Waals surface area contributed by atoms with Crippen molar-refractivity contribution in [3.05, 3.63) is 101 Å². The second-order valence-corrected chi connectivity index (χ2v) is 7.72. The van der Waals surface area contributed by atoms with Crippen molar-refractivity contribution in [2.45, 2.75) is 31.3 Å². The number of nitrogens with zero attached hydrogens (tertiary/aromatic N) is 5. The van der Waals surface area contributed by atoms with Crippen LogP contribution in [0.3, 0.4) is 0 Å². The molecule has 0 aliphatic heterocycles. The van der Waals surface area contributed by atoms with Crippen LogP contribution in [-0.2, 0) is 18.3 Å². The Balaban J connectivity index is 1.76. The first-order chi connectivity index (χ1) is 16.0. The van der Waals surface area contributed by atoms with E-state index in [2.05, 4.69) is 10.1 Å². The van der Waals surface area contributed by atoms with E-state index in [1.54, 1.807) is 0 Å². The molecule has 0 aliphatic carbocycles. The minimum Gasteiger partial charge on any atom is -0.381 e. The van der Waals surface area contributed by atoms with Crippen LogP contribution < -0.4 is 5.69 Å². The van der Waals surface area contributed by atoms with Gasteiger partial charge in [-0.1, -0.05) is 6.07 Å². The minimum absolute atomic E-state index is 0.164. The third-order valence-corrected chi connectivity index (χ3v) is 5.65. The molecule has 4 aromatic rings. The van der Waals surface area contributed by atoms with E-state index in [1.165, 1.54) is 36.7 Å². The smallest absolute Gasteiger partial charge is 0.381 e. The van der Waals surface area contributed by atoms with Gasteiger partial charge in [0.15, 0.2) is 0 Å². The molecule has 34 heavy (non-hydrogen) atoms. The Kier molecular flexibility index (Phi) is 5.86. The second-order valence-electron chi connectivity index (χ2n) is 7.72. The number of benzene rings is 2. The summed E-state index contributed by atoms with van der Waals surface area (Å²) in [7, 11) is 0. The van der Waals surface area contributed by atoms with Gasteiger partial charge in [-0.05, 0) is 37.3 Å². The summed E-state index contributed by atoms with van der Waals surface area (Å²) in [6.45, 7) is 1.13. The topological polar surface area (TPSA) is 77.9 Å². The van der Waals surface area contributed by atoms with Gasteiger partial charge in [-0.2, -0.15) is 18.3 Å². The molecule has 1 unspecified atom stereocenters. The van der Waals surface area contributed by atoms with E-state index >= 15 is 0 Å². The summed E-state index contributed by atoms with van der Waals surface area (Å²) in [5.41, 5.74) is -3.75. The van der Waals surface area contributed by atoms with Crippen molar-refractivity contribution in [2.75, 3.05) is 0 Å². The number of aliphatic hydroxyl groups is 1. The molecule has 0 amide bonds. The number of aromatic nitrogens is 5. The summed E-state index contributed by atoms with van der Waals surface area (Å²) in [5, 5.41) is 15.6. The van der Waals surface area contributed by atoms with Crippen LogP contribution in [-0.4, -0.2) is 29.0 Å². The lowest BCUT2D eigenvalue weighted by atomic mass is 9.86. The van der Waals surface area contributed by atoms with Gasteiger partial charge in [0.25, 0.3) is 0 Å². The highest BCUT2D eigenvalue weighted by molar-refractivity contribution is 5.36. The fraction of sp³-hybridized carbons (Fsp3) is 0.227. The predicted octanol–water partition coefficient (Wildman–Crippen LogP) is 3.68. The number of hydrogen-bond acceptors (Lipinski definition) is 4. The number of hydrogen-bond donors (Lipinski definition) is 1. The number of alkyl halides is 3. The third kappa shape index (κ3) is 4.23. The molecule has 1 N–H and O–H groups in total. The highest BCUT2D eigenvalue weighted by atomic mass is 19.4. The first-order valence-corrected chi connectivity index (χ1v) is 9.98. The van der Waals surface area contributed by atoms with E-state index < -0.39 is 40.7 Å². The van der Waals surface area contributed by atoms with Crippen molar-refractivity contribution in [1.29, 1.82) is 0 Å². The fourth-order valence-electron chi connectivity index (χ4n) is 3.77. The van der Waals surface area contributed by atoms with E-state index in [1.807, 2.05) is 0 Å². The Bertz CT molecular complexity index is 1350. The SMILES string of the molecule is C[C@@H](n1ccn(-c2ccc(C(F)(F)F)cc2)c1=O)C(O)(Cn1cncn1)c1ccc(F)cc1F. The lowest BCUT2D eigenvalue weighted by molar-refractivity contribution is -0.137. The number of imidazole rings is 1. The second kappa shape index (κ2) is 8.52. The molecule has 2 heterocycles. The van der Waals surface area contributed by atoms with E-state index in [-0.39, 0.29) is 17.8 Å². The van der Waals surface area contributed by atoms with Crippen molar-refractivity contribution in [3.63, 3.8) is 0 Å². The van der Waals surface area contributed by atoms with E-state index in [0.29, 0.717) is 6.07 Å². The Hall–Kier alpha value is -3.80. The largest absolute Gasteiger partial charge is 0.416 e. The number of halogens is 5. The van der Waals surface area contributed by atoms with Gasteiger partial charge in [0, 0.05) is 24.0 Å². The molecule has 178 valence electrons. The molecule has 0 aliphatic rings. The Morgan fingerprint density at radius 1 is 1.06 bits per heavy atom. The van der Waals surface area contributed by atoms with E-state index in [9.17, 15) is 31.9 Å². The van der Waals surface area contributed by atoms with Crippen LogP contribution in [0.4, 0.5) is 22.0 Å². The van der Waals surface area contributed by atoms with Crippen LogP contribution >= 0.6 is 0 Å². The molecule has 2 aromatic carbocycles. The molecule has 7 nitrogen and oxygen atoms in total. The van der Waals surface area contributed by atoms with Crippen molar-refractivity contribution in [2.24, 2.45) is 0 Å². The molecular formula is C22H18F5N5O2. The summed E-state index contributed by atoms with van der Waals surface area (Å²) >= 11 is 0. The van der Waals surface area contributed by atoms with Crippen molar-refractivity contribution < 1.29 is 27.1 Å². The van der Waals surface area contributed by atoms with Crippen molar-refractivity contribution in [1.82, 2.24) is 23.9 Å². The van der Waals surface area contributed by atoms with Gasteiger partial charge in [-0.15, -0.1) is 0 Å². The molecule has 4 rings (SSSR count). The molecule has 0 saturated carbocycles. The maximum absolute atomic E-state index is 14.7. The summed E-state index contributed by atoms with van der Waals surface area (Å²) < 4.78 is 70.2. The zero-order valence-electron chi connectivity index (χ0n) is 17.6. The average molecular weight is 479 g/mol. The Labute approximate surface area is 189 Å². The van der Waals surface area contributed by atoms with Gasteiger partial charge in [0.2, 0.25) is 0 Å². The van der Waals surface area contributed by atoms with Crippen LogP contribution in [0.15, 0.2) is 72.3 Å². The van der Waals surface area contributed by atoms with Gasteiger partial charge < -0.3 is 5.11 Å². The molecule has 0 bridgehead atoms. The van der Waals surface area contributed by atoms with Crippen LogP contribution in [0, 0.1) is 11.6 Å². The van der Waals surface area contributed by atoms with E-state index in [0.717, 1.165) is 45.5 Å². The Morgan fingerprint density at radius 3 is 2.35 bits per heavy atom. The molecule has 2 aromatic heterocycles. The lowest BCUT2D eigenvalue weighted by Crippen LogP contribution is -2.43. The highest BCUT2D eigenvalue weighted by Gasteiger charge is 2.41. The average Bonchev–Trinajstić information content (AvgIpc) is 3.42. The van der Waals surface area contributed by atoms with Crippen molar-refractivity contribution in [3.8, 4) is 5.69 Å². The third-order valence-electron chi connectivity index (χ3n) is 5.65. The minimum atomic E-state index is -4.53. The van der Waals surface area contributed by atoms with Crippen LogP contribution in [0.1, 0.15) is 24.1 Å². The first kappa shape index (κ1) is 23.4. The molecule has 2 atom stereocenters. The lowest BCUT2D eigenvalue weighted by Gasteiger charge is -2.35. The molecule has 0 radical (unpaired) electrons. The zero-order chi connectivity index (χ0) is 24.7. The molecule has 0 saturated heterocycles. The summed E-state index contributed by atoms with van der Waals surface area (Å²) in [5.74, 6) is -1.87. The van der Waals surface area contributed by atoms with Crippen LogP contribution in [0.2, 0.25) is 0 Å². The normalized spacial score (nSPS) is 14.7. The highest BCUT2D eigenvalue weighted by Crippen LogP contribution is 2.36. The monoisotopic (exact) mass is 479 g/mol. The van der Waals surface area contributed by atoms with Gasteiger partial charge in [-0.3, -0.25) is 9.13 Å². The maximum Gasteiger partial charge on any atom is 0.416 e.